The molecule has 0 aliphatic rings. The fraction of sp³-hybridized carbons (Fsp3) is 0.357. The average molecular weight is 275 g/mol. The number of nitrogens with zero attached hydrogens (tertiary/aromatic N) is 1. The first kappa shape index (κ1) is 14.0. The van der Waals surface area contributed by atoms with Crippen molar-refractivity contribution in [1.29, 1.82) is 0 Å². The van der Waals surface area contributed by atoms with Crippen LogP contribution in [0, 0.1) is 0 Å². The van der Waals surface area contributed by atoms with Gasteiger partial charge in [0.05, 0.1) is 5.52 Å². The number of esters is 1. The maximum atomic E-state index is 11.9. The van der Waals surface area contributed by atoms with E-state index in [9.17, 15) is 9.59 Å². The number of hydrogen-bond donors (Lipinski definition) is 2. The van der Waals surface area contributed by atoms with Crippen molar-refractivity contribution in [1.82, 2.24) is 15.5 Å². The van der Waals surface area contributed by atoms with Gasteiger partial charge in [-0.3, -0.25) is 9.89 Å². The van der Waals surface area contributed by atoms with Crippen LogP contribution < -0.4 is 5.32 Å². The molecule has 6 nitrogen and oxygen atoms in total. The molecule has 2 rings (SSSR count). The summed E-state index contributed by atoms with van der Waals surface area (Å²) in [7, 11) is 0. The number of aromatic amines is 1. The lowest BCUT2D eigenvalue weighted by Gasteiger charge is -2.04. The summed E-state index contributed by atoms with van der Waals surface area (Å²) in [5, 5.41) is 10.0. The standard InChI is InChI=1S/C14H17N3O3/c1-2-3-8-15-12(18)9-20-14(19)13-10-6-4-5-7-11(10)16-17-13/h4-7H,2-3,8-9H2,1H3,(H,15,18)(H,16,17). The quantitative estimate of drug-likeness (QED) is 0.620. The molecule has 1 amide bonds. The summed E-state index contributed by atoms with van der Waals surface area (Å²) in [6.45, 7) is 2.34. The molecule has 0 spiro atoms. The summed E-state index contributed by atoms with van der Waals surface area (Å²) in [5.41, 5.74) is 0.953. The smallest absolute Gasteiger partial charge is 0.359 e. The Morgan fingerprint density at radius 1 is 1.35 bits per heavy atom. The third-order valence-corrected chi connectivity index (χ3v) is 2.85. The number of hydrogen-bond acceptors (Lipinski definition) is 4. The molecule has 0 saturated heterocycles. The number of aromatic nitrogens is 2. The molecule has 2 aromatic rings. The summed E-state index contributed by atoms with van der Waals surface area (Å²) in [6, 6.07) is 7.25. The van der Waals surface area contributed by atoms with E-state index in [1.807, 2.05) is 25.1 Å². The highest BCUT2D eigenvalue weighted by Gasteiger charge is 2.16. The predicted octanol–water partition coefficient (Wildman–Crippen LogP) is 1.64. The minimum atomic E-state index is -0.604. The first-order valence-corrected chi connectivity index (χ1v) is 6.59. The normalized spacial score (nSPS) is 10.4. The van der Waals surface area contributed by atoms with Crippen LogP contribution in [-0.4, -0.2) is 35.2 Å². The summed E-state index contributed by atoms with van der Waals surface area (Å²) in [5.74, 6) is -0.903. The topological polar surface area (TPSA) is 84.1 Å². The van der Waals surface area contributed by atoms with Gasteiger partial charge in [0, 0.05) is 11.9 Å². The first-order valence-electron chi connectivity index (χ1n) is 6.59. The second-order valence-electron chi connectivity index (χ2n) is 4.40. The number of amides is 1. The summed E-state index contributed by atoms with van der Waals surface area (Å²) in [4.78, 5) is 23.3. The highest BCUT2D eigenvalue weighted by atomic mass is 16.5. The minimum absolute atomic E-state index is 0.196. The van der Waals surface area contributed by atoms with Crippen molar-refractivity contribution in [3.05, 3.63) is 30.0 Å². The fourth-order valence-corrected chi connectivity index (χ4v) is 1.77. The predicted molar refractivity (Wildman–Crippen MR) is 74.3 cm³/mol. The average Bonchev–Trinajstić information content (AvgIpc) is 2.89. The molecular weight excluding hydrogens is 258 g/mol. The molecule has 0 bridgehead atoms. The van der Waals surface area contributed by atoms with Gasteiger partial charge in [0.2, 0.25) is 0 Å². The Morgan fingerprint density at radius 2 is 2.15 bits per heavy atom. The van der Waals surface area contributed by atoms with Gasteiger partial charge in [0.1, 0.15) is 0 Å². The maximum Gasteiger partial charge on any atom is 0.359 e. The minimum Gasteiger partial charge on any atom is -0.451 e. The van der Waals surface area contributed by atoms with Crippen LogP contribution in [0.3, 0.4) is 0 Å². The van der Waals surface area contributed by atoms with Crippen LogP contribution in [0.5, 0.6) is 0 Å². The highest BCUT2D eigenvalue weighted by molar-refractivity contribution is 6.02. The molecule has 0 unspecified atom stereocenters. The third kappa shape index (κ3) is 3.34. The SMILES string of the molecule is CCCCNC(=O)COC(=O)c1n[nH]c2ccccc12. The van der Waals surface area contributed by atoms with E-state index in [1.54, 1.807) is 6.07 Å². The number of benzene rings is 1. The van der Waals surface area contributed by atoms with Crippen molar-refractivity contribution in [3.63, 3.8) is 0 Å². The number of carbonyl (C=O) groups is 2. The van der Waals surface area contributed by atoms with Crippen molar-refractivity contribution in [2.75, 3.05) is 13.2 Å². The molecule has 0 aliphatic carbocycles. The van der Waals surface area contributed by atoms with E-state index in [-0.39, 0.29) is 18.2 Å². The van der Waals surface area contributed by atoms with Crippen LogP contribution in [0.2, 0.25) is 0 Å². The lowest BCUT2D eigenvalue weighted by molar-refractivity contribution is -0.124. The second-order valence-corrected chi connectivity index (χ2v) is 4.40. The van der Waals surface area contributed by atoms with E-state index in [4.69, 9.17) is 4.74 Å². The number of nitrogens with one attached hydrogen (secondary N) is 2. The molecule has 0 saturated carbocycles. The molecule has 20 heavy (non-hydrogen) atoms. The van der Waals surface area contributed by atoms with Crippen molar-refractivity contribution in [2.45, 2.75) is 19.8 Å². The maximum absolute atomic E-state index is 11.9. The lowest BCUT2D eigenvalue weighted by atomic mass is 10.2. The van der Waals surface area contributed by atoms with E-state index < -0.39 is 5.97 Å². The largest absolute Gasteiger partial charge is 0.451 e. The Labute approximate surface area is 116 Å². The van der Waals surface area contributed by atoms with Crippen molar-refractivity contribution >= 4 is 22.8 Å². The molecule has 1 heterocycles. The van der Waals surface area contributed by atoms with Gasteiger partial charge < -0.3 is 10.1 Å². The molecule has 2 N–H and O–H groups in total. The van der Waals surface area contributed by atoms with Crippen LogP contribution in [0.1, 0.15) is 30.3 Å². The molecule has 106 valence electrons. The van der Waals surface area contributed by atoms with E-state index in [0.717, 1.165) is 18.4 Å². The summed E-state index contributed by atoms with van der Waals surface area (Å²) < 4.78 is 4.95. The van der Waals surface area contributed by atoms with Gasteiger partial charge in [-0.05, 0) is 12.5 Å². The Bertz CT molecular complexity index is 606. The molecular formula is C14H17N3O3. The van der Waals surface area contributed by atoms with Crippen molar-refractivity contribution in [2.24, 2.45) is 0 Å². The van der Waals surface area contributed by atoms with Gasteiger partial charge in [-0.15, -0.1) is 0 Å². The monoisotopic (exact) mass is 275 g/mol. The zero-order valence-electron chi connectivity index (χ0n) is 11.3. The van der Waals surface area contributed by atoms with Gasteiger partial charge in [-0.2, -0.15) is 5.10 Å². The molecule has 0 radical (unpaired) electrons. The van der Waals surface area contributed by atoms with Crippen LogP contribution in [0.4, 0.5) is 0 Å². The van der Waals surface area contributed by atoms with Crippen molar-refractivity contribution < 1.29 is 14.3 Å². The van der Waals surface area contributed by atoms with Crippen LogP contribution >= 0.6 is 0 Å². The molecule has 0 atom stereocenters. The molecule has 6 heteroatoms. The van der Waals surface area contributed by atoms with Crippen molar-refractivity contribution in [3.8, 4) is 0 Å². The Morgan fingerprint density at radius 3 is 2.95 bits per heavy atom. The number of unbranched alkanes of at least 4 members (excludes halogenated alkanes) is 1. The van der Waals surface area contributed by atoms with Gasteiger partial charge in [0.15, 0.2) is 12.3 Å². The van der Waals surface area contributed by atoms with E-state index in [0.29, 0.717) is 11.9 Å². The lowest BCUT2D eigenvalue weighted by Crippen LogP contribution is -2.29. The summed E-state index contributed by atoms with van der Waals surface area (Å²) >= 11 is 0. The number of rotatable bonds is 6. The zero-order chi connectivity index (χ0) is 14.4. The van der Waals surface area contributed by atoms with Crippen LogP contribution in [0.25, 0.3) is 10.9 Å². The van der Waals surface area contributed by atoms with Gasteiger partial charge in [-0.1, -0.05) is 31.5 Å². The van der Waals surface area contributed by atoms with Crippen LogP contribution in [0.15, 0.2) is 24.3 Å². The first-order chi connectivity index (χ1) is 9.72. The van der Waals surface area contributed by atoms with Gasteiger partial charge >= 0.3 is 5.97 Å². The Hall–Kier alpha value is -2.37. The third-order valence-electron chi connectivity index (χ3n) is 2.85. The Balaban J connectivity index is 1.90. The number of H-pyrrole nitrogens is 1. The van der Waals surface area contributed by atoms with Gasteiger partial charge in [0.25, 0.3) is 5.91 Å². The van der Waals surface area contributed by atoms with E-state index in [1.165, 1.54) is 0 Å². The molecule has 0 fully saturated rings. The number of carbonyl (C=O) groups excluding carboxylic acids is 2. The summed E-state index contributed by atoms with van der Waals surface area (Å²) in [6.07, 6.45) is 1.91. The van der Waals surface area contributed by atoms with Crippen LogP contribution in [-0.2, 0) is 9.53 Å². The molecule has 1 aromatic heterocycles. The fourth-order valence-electron chi connectivity index (χ4n) is 1.77. The molecule has 0 aliphatic heterocycles. The number of para-hydroxylation sites is 1. The molecule has 1 aromatic carbocycles. The van der Waals surface area contributed by atoms with E-state index in [2.05, 4.69) is 15.5 Å². The second kappa shape index (κ2) is 6.70. The highest BCUT2D eigenvalue weighted by Crippen LogP contribution is 2.15. The Kier molecular flexibility index (Phi) is 4.70. The number of ether oxygens (including phenoxy) is 1. The zero-order valence-corrected chi connectivity index (χ0v) is 11.3. The number of fused-ring (bicyclic) bond motifs is 1. The van der Waals surface area contributed by atoms with E-state index >= 15 is 0 Å². The van der Waals surface area contributed by atoms with Gasteiger partial charge in [-0.25, -0.2) is 4.79 Å².